The molecule has 7 nitrogen and oxygen atoms in total. The first kappa shape index (κ1) is 17.2. The maximum atomic E-state index is 13.2. The summed E-state index contributed by atoms with van der Waals surface area (Å²) in [5, 5.41) is 15.6. The Labute approximate surface area is 163 Å². The highest BCUT2D eigenvalue weighted by Crippen LogP contribution is 2.40. The van der Waals surface area contributed by atoms with Gasteiger partial charge in [-0.05, 0) is 30.5 Å². The van der Waals surface area contributed by atoms with Gasteiger partial charge in [0.2, 0.25) is 5.91 Å². The molecule has 3 aromatic rings. The maximum Gasteiger partial charge on any atom is 0.230 e. The van der Waals surface area contributed by atoms with Crippen LogP contribution < -0.4 is 10.6 Å². The molecule has 0 radical (unpaired) electrons. The molecule has 1 aliphatic carbocycles. The van der Waals surface area contributed by atoms with Gasteiger partial charge in [0.1, 0.15) is 5.82 Å². The molecule has 5 rings (SSSR count). The molecule has 1 saturated heterocycles. The molecule has 2 N–H and O–H groups in total. The highest BCUT2D eigenvalue weighted by molar-refractivity contribution is 5.93. The Bertz CT molecular complexity index is 988. The smallest absolute Gasteiger partial charge is 0.230 e. The zero-order chi connectivity index (χ0) is 19.1. The second-order valence-electron chi connectivity index (χ2n) is 7.78. The Morgan fingerprint density at radius 1 is 1.21 bits per heavy atom. The standard InChI is InChI=1S/C21H24N6O/c1-26-13-15(10-23-26)17-11-22-12-18(17)21(28)24-20-9-19(14-7-8-14)25-27(20)16-5-3-2-4-6-16/h2-6,9-10,13-14,17-18,22H,7-8,11-12H2,1H3,(H,24,28)/t17-,18+/m1/s1. The van der Waals surface area contributed by atoms with Crippen LogP contribution in [0, 0.1) is 5.92 Å². The van der Waals surface area contributed by atoms with Gasteiger partial charge in [0.05, 0.1) is 23.5 Å². The number of carbonyl (C=O) groups is 1. The number of carbonyl (C=O) groups excluding carboxylic acids is 1. The first-order valence-electron chi connectivity index (χ1n) is 9.84. The van der Waals surface area contributed by atoms with Crippen LogP contribution >= 0.6 is 0 Å². The fourth-order valence-corrected chi connectivity index (χ4v) is 3.99. The third-order valence-electron chi connectivity index (χ3n) is 5.68. The second-order valence-corrected chi connectivity index (χ2v) is 7.78. The van der Waals surface area contributed by atoms with Gasteiger partial charge >= 0.3 is 0 Å². The second kappa shape index (κ2) is 6.91. The van der Waals surface area contributed by atoms with E-state index in [4.69, 9.17) is 5.10 Å². The quantitative estimate of drug-likeness (QED) is 0.717. The maximum absolute atomic E-state index is 13.2. The van der Waals surface area contributed by atoms with E-state index in [1.54, 1.807) is 4.68 Å². The normalized spacial score (nSPS) is 21.8. The topological polar surface area (TPSA) is 76.8 Å². The number of rotatable bonds is 5. The molecule has 2 atom stereocenters. The average Bonchev–Trinajstić information content (AvgIpc) is 3.10. The van der Waals surface area contributed by atoms with Crippen LogP contribution in [0.2, 0.25) is 0 Å². The van der Waals surface area contributed by atoms with Crippen LogP contribution in [0.5, 0.6) is 0 Å². The van der Waals surface area contributed by atoms with E-state index in [-0.39, 0.29) is 17.7 Å². The summed E-state index contributed by atoms with van der Waals surface area (Å²) in [7, 11) is 1.90. The van der Waals surface area contributed by atoms with Crippen LogP contribution in [0.25, 0.3) is 5.69 Å². The Balaban J connectivity index is 1.41. The lowest BCUT2D eigenvalue weighted by atomic mass is 9.90. The highest BCUT2D eigenvalue weighted by atomic mass is 16.2. The van der Waals surface area contributed by atoms with Gasteiger partial charge < -0.3 is 10.6 Å². The number of nitrogens with one attached hydrogen (secondary N) is 2. The monoisotopic (exact) mass is 376 g/mol. The number of nitrogens with zero attached hydrogens (tertiary/aromatic N) is 4. The highest BCUT2D eigenvalue weighted by Gasteiger charge is 2.35. The molecule has 1 aliphatic heterocycles. The minimum Gasteiger partial charge on any atom is -0.315 e. The summed E-state index contributed by atoms with van der Waals surface area (Å²) in [6.07, 6.45) is 6.21. The van der Waals surface area contributed by atoms with E-state index in [9.17, 15) is 4.79 Å². The largest absolute Gasteiger partial charge is 0.315 e. The summed E-state index contributed by atoms with van der Waals surface area (Å²) >= 11 is 0. The van der Waals surface area contributed by atoms with Gasteiger partial charge in [0.25, 0.3) is 0 Å². The van der Waals surface area contributed by atoms with E-state index in [1.165, 1.54) is 12.8 Å². The number of para-hydroxylation sites is 1. The summed E-state index contributed by atoms with van der Waals surface area (Å²) in [4.78, 5) is 13.2. The van der Waals surface area contributed by atoms with Crippen molar-refractivity contribution < 1.29 is 4.79 Å². The van der Waals surface area contributed by atoms with Gasteiger partial charge in [0.15, 0.2) is 0 Å². The van der Waals surface area contributed by atoms with E-state index < -0.39 is 0 Å². The minimum absolute atomic E-state index is 0.0262. The molecule has 1 amide bonds. The molecule has 2 fully saturated rings. The lowest BCUT2D eigenvalue weighted by Crippen LogP contribution is -2.28. The number of aryl methyl sites for hydroxylation is 1. The molecule has 3 heterocycles. The number of aromatic nitrogens is 4. The Morgan fingerprint density at radius 2 is 2.04 bits per heavy atom. The van der Waals surface area contributed by atoms with Crippen LogP contribution in [0.1, 0.15) is 35.9 Å². The Hall–Kier alpha value is -2.93. The molecular formula is C21H24N6O. The Morgan fingerprint density at radius 3 is 2.75 bits per heavy atom. The van der Waals surface area contributed by atoms with Crippen molar-refractivity contribution in [2.24, 2.45) is 13.0 Å². The SMILES string of the molecule is Cn1cc([C@H]2CNC[C@@H]2C(=O)Nc2cc(C3CC3)nn2-c2ccccc2)cn1. The zero-order valence-electron chi connectivity index (χ0n) is 15.9. The lowest BCUT2D eigenvalue weighted by molar-refractivity contribution is -0.119. The number of benzene rings is 1. The predicted molar refractivity (Wildman–Crippen MR) is 106 cm³/mol. The molecule has 0 bridgehead atoms. The van der Waals surface area contributed by atoms with Crippen LogP contribution in [0.15, 0.2) is 48.8 Å². The molecule has 28 heavy (non-hydrogen) atoms. The minimum atomic E-state index is -0.132. The molecule has 2 aromatic heterocycles. The van der Waals surface area contributed by atoms with Crippen molar-refractivity contribution >= 4 is 11.7 Å². The summed E-state index contributed by atoms with van der Waals surface area (Å²) < 4.78 is 3.64. The first-order chi connectivity index (χ1) is 13.7. The summed E-state index contributed by atoms with van der Waals surface area (Å²) in [5.74, 6) is 1.29. The van der Waals surface area contributed by atoms with Crippen molar-refractivity contribution in [1.82, 2.24) is 24.9 Å². The molecule has 144 valence electrons. The van der Waals surface area contributed by atoms with Crippen LogP contribution in [0.3, 0.4) is 0 Å². The molecular weight excluding hydrogens is 352 g/mol. The fourth-order valence-electron chi connectivity index (χ4n) is 3.99. The lowest BCUT2D eigenvalue weighted by Gasteiger charge is -2.17. The zero-order valence-corrected chi connectivity index (χ0v) is 15.9. The average molecular weight is 376 g/mol. The Kier molecular flexibility index (Phi) is 4.24. The molecule has 0 unspecified atom stereocenters. The van der Waals surface area contributed by atoms with Crippen LogP contribution in [0.4, 0.5) is 5.82 Å². The van der Waals surface area contributed by atoms with E-state index in [1.807, 2.05) is 60.5 Å². The van der Waals surface area contributed by atoms with Gasteiger partial charge in [-0.15, -0.1) is 0 Å². The van der Waals surface area contributed by atoms with E-state index in [0.29, 0.717) is 12.5 Å². The molecule has 7 heteroatoms. The molecule has 1 saturated carbocycles. The molecule has 1 aromatic carbocycles. The number of hydrogen-bond acceptors (Lipinski definition) is 4. The fraction of sp³-hybridized carbons (Fsp3) is 0.381. The van der Waals surface area contributed by atoms with Gasteiger partial charge in [-0.25, -0.2) is 4.68 Å². The van der Waals surface area contributed by atoms with Gasteiger partial charge in [0, 0.05) is 44.2 Å². The van der Waals surface area contributed by atoms with Crippen molar-refractivity contribution in [3.63, 3.8) is 0 Å². The third kappa shape index (κ3) is 3.22. The van der Waals surface area contributed by atoms with Crippen LogP contribution in [-0.4, -0.2) is 38.6 Å². The summed E-state index contributed by atoms with van der Waals surface area (Å²) in [5.41, 5.74) is 3.12. The van der Waals surface area contributed by atoms with Crippen molar-refractivity contribution in [3.8, 4) is 5.69 Å². The third-order valence-corrected chi connectivity index (χ3v) is 5.68. The van der Waals surface area contributed by atoms with Crippen molar-refractivity contribution in [2.45, 2.75) is 24.7 Å². The van der Waals surface area contributed by atoms with E-state index in [0.717, 1.165) is 29.3 Å². The number of amides is 1. The van der Waals surface area contributed by atoms with Gasteiger partial charge in [-0.1, -0.05) is 18.2 Å². The number of anilines is 1. The predicted octanol–water partition coefficient (Wildman–Crippen LogP) is 2.42. The molecule has 2 aliphatic rings. The van der Waals surface area contributed by atoms with E-state index >= 15 is 0 Å². The van der Waals surface area contributed by atoms with Gasteiger partial charge in [-0.2, -0.15) is 10.2 Å². The van der Waals surface area contributed by atoms with Crippen LogP contribution in [-0.2, 0) is 11.8 Å². The van der Waals surface area contributed by atoms with Crippen molar-refractivity contribution in [3.05, 3.63) is 60.0 Å². The summed E-state index contributed by atoms with van der Waals surface area (Å²) in [6, 6.07) is 12.0. The van der Waals surface area contributed by atoms with Gasteiger partial charge in [-0.3, -0.25) is 9.48 Å². The van der Waals surface area contributed by atoms with Crippen molar-refractivity contribution in [1.29, 1.82) is 0 Å². The molecule has 0 spiro atoms. The first-order valence-corrected chi connectivity index (χ1v) is 9.84. The number of hydrogen-bond donors (Lipinski definition) is 2. The van der Waals surface area contributed by atoms with E-state index in [2.05, 4.69) is 15.7 Å². The summed E-state index contributed by atoms with van der Waals surface area (Å²) in [6.45, 7) is 1.45. The van der Waals surface area contributed by atoms with Crippen molar-refractivity contribution in [2.75, 3.05) is 18.4 Å².